The molecule has 174 valence electrons. The van der Waals surface area contributed by atoms with Crippen LogP contribution < -0.4 is 0 Å². The summed E-state index contributed by atoms with van der Waals surface area (Å²) < 4.78 is 7.86. The third kappa shape index (κ3) is 5.03. The minimum absolute atomic E-state index is 0.0277. The largest absolute Gasteiger partial charge is 0.419 e. The number of aryl methyl sites for hydroxylation is 2. The molecule has 4 aromatic rings. The molecule has 0 atom stereocenters. The van der Waals surface area contributed by atoms with E-state index in [2.05, 4.69) is 47.2 Å². The number of imidazole rings is 1. The molecule has 1 saturated carbocycles. The minimum Gasteiger partial charge on any atom is -0.419 e. The predicted octanol–water partition coefficient (Wildman–Crippen LogP) is 5.48. The number of hydrogen-bond donors (Lipinski definition) is 0. The van der Waals surface area contributed by atoms with Gasteiger partial charge in [0, 0.05) is 24.1 Å². The van der Waals surface area contributed by atoms with Gasteiger partial charge in [-0.3, -0.25) is 9.36 Å². The summed E-state index contributed by atoms with van der Waals surface area (Å²) >= 11 is 7.68. The maximum Gasteiger partial charge on any atom is 0.249 e. The Morgan fingerprint density at radius 2 is 1.94 bits per heavy atom. The van der Waals surface area contributed by atoms with Crippen LogP contribution in [0.25, 0.3) is 17.1 Å². The van der Waals surface area contributed by atoms with Crippen molar-refractivity contribution in [2.24, 2.45) is 0 Å². The van der Waals surface area contributed by atoms with Crippen LogP contribution in [-0.2, 0) is 11.3 Å². The highest BCUT2D eigenvalue weighted by Gasteiger charge is 2.34. The Morgan fingerprint density at radius 1 is 1.18 bits per heavy atom. The van der Waals surface area contributed by atoms with Crippen molar-refractivity contribution in [2.75, 3.05) is 5.75 Å². The Hall–Kier alpha value is -3.10. The first-order valence-corrected chi connectivity index (χ1v) is 12.5. The fraction of sp³-hybridized carbons (Fsp3) is 0.280. The predicted molar refractivity (Wildman–Crippen MR) is 132 cm³/mol. The zero-order valence-corrected chi connectivity index (χ0v) is 20.5. The Bertz CT molecular complexity index is 1310. The molecule has 0 radical (unpaired) electrons. The van der Waals surface area contributed by atoms with Gasteiger partial charge in [-0.25, -0.2) is 4.98 Å². The quantitative estimate of drug-likeness (QED) is 0.303. The van der Waals surface area contributed by atoms with Crippen LogP contribution >= 0.6 is 23.4 Å². The van der Waals surface area contributed by atoms with Gasteiger partial charge in [0.2, 0.25) is 17.7 Å². The van der Waals surface area contributed by atoms with Crippen LogP contribution in [0.1, 0.15) is 29.9 Å². The zero-order valence-electron chi connectivity index (χ0n) is 18.9. The van der Waals surface area contributed by atoms with Gasteiger partial charge in [0.15, 0.2) is 5.16 Å². The number of hydrogen-bond acceptors (Lipinski definition) is 6. The molecular weight excluding hydrogens is 470 g/mol. The Morgan fingerprint density at radius 3 is 2.68 bits per heavy atom. The second-order valence-corrected chi connectivity index (χ2v) is 9.80. The lowest BCUT2D eigenvalue weighted by atomic mass is 10.1. The highest BCUT2D eigenvalue weighted by atomic mass is 35.5. The maximum absolute atomic E-state index is 13.2. The third-order valence-corrected chi connectivity index (χ3v) is 6.88. The summed E-state index contributed by atoms with van der Waals surface area (Å²) in [4.78, 5) is 19.5. The molecule has 9 heteroatoms. The lowest BCUT2D eigenvalue weighted by molar-refractivity contribution is -0.129. The normalized spacial score (nSPS) is 13.3. The molecule has 5 rings (SSSR count). The van der Waals surface area contributed by atoms with E-state index in [1.807, 2.05) is 33.9 Å². The molecule has 2 aromatic heterocycles. The van der Waals surface area contributed by atoms with Crippen LogP contribution in [0.5, 0.6) is 0 Å². The van der Waals surface area contributed by atoms with Gasteiger partial charge in [-0.2, -0.15) is 0 Å². The van der Waals surface area contributed by atoms with E-state index < -0.39 is 0 Å². The summed E-state index contributed by atoms with van der Waals surface area (Å²) in [6, 6.07) is 13.9. The Labute approximate surface area is 207 Å². The fourth-order valence-electron chi connectivity index (χ4n) is 3.91. The summed E-state index contributed by atoms with van der Waals surface area (Å²) in [7, 11) is 0. The van der Waals surface area contributed by atoms with Crippen molar-refractivity contribution in [3.05, 3.63) is 76.9 Å². The summed E-state index contributed by atoms with van der Waals surface area (Å²) in [5.41, 5.74) is 4.10. The number of halogens is 1. The average Bonchev–Trinajstić information content (AvgIpc) is 3.35. The lowest BCUT2D eigenvalue weighted by Crippen LogP contribution is -2.34. The van der Waals surface area contributed by atoms with Crippen LogP contribution in [0.15, 0.2) is 64.4 Å². The van der Waals surface area contributed by atoms with E-state index in [0.29, 0.717) is 22.4 Å². The molecule has 7 nitrogen and oxygen atoms in total. The van der Waals surface area contributed by atoms with Gasteiger partial charge in [-0.15, -0.1) is 10.2 Å². The second-order valence-electron chi connectivity index (χ2n) is 8.45. The molecule has 34 heavy (non-hydrogen) atoms. The number of amides is 1. The van der Waals surface area contributed by atoms with Crippen LogP contribution in [0.2, 0.25) is 5.02 Å². The third-order valence-electron chi connectivity index (χ3n) is 5.60. The number of nitrogens with zero attached hydrogens (tertiary/aromatic N) is 5. The van der Waals surface area contributed by atoms with Gasteiger partial charge in [0.1, 0.15) is 0 Å². The molecule has 2 heterocycles. The smallest absolute Gasteiger partial charge is 0.249 e. The minimum atomic E-state index is 0.0277. The second kappa shape index (κ2) is 9.64. The van der Waals surface area contributed by atoms with E-state index in [4.69, 9.17) is 16.0 Å². The summed E-state index contributed by atoms with van der Waals surface area (Å²) in [6.07, 6.45) is 5.66. The van der Waals surface area contributed by atoms with E-state index in [1.165, 1.54) is 22.9 Å². The van der Waals surface area contributed by atoms with E-state index >= 15 is 0 Å². The van der Waals surface area contributed by atoms with Gasteiger partial charge in [0.05, 0.1) is 22.9 Å². The molecule has 0 N–H and O–H groups in total. The summed E-state index contributed by atoms with van der Waals surface area (Å²) in [5, 5.41) is 9.61. The SMILES string of the molecule is Cc1cc(C)cc(-n2ccnc2SCC(=O)N(Cc2nnc(-c3ccccc3Cl)o2)C2CC2)c1. The molecular formula is C25H24ClN5O2S. The number of aromatic nitrogens is 4. The fourth-order valence-corrected chi connectivity index (χ4v) is 4.98. The van der Waals surface area contributed by atoms with E-state index in [9.17, 15) is 4.79 Å². The van der Waals surface area contributed by atoms with Crippen molar-refractivity contribution in [1.82, 2.24) is 24.6 Å². The number of carbonyl (C=O) groups is 1. The molecule has 0 bridgehead atoms. The van der Waals surface area contributed by atoms with Crippen molar-refractivity contribution in [3.63, 3.8) is 0 Å². The molecule has 0 saturated heterocycles. The van der Waals surface area contributed by atoms with E-state index in [1.54, 1.807) is 12.3 Å². The van der Waals surface area contributed by atoms with E-state index in [0.717, 1.165) is 23.7 Å². The highest BCUT2D eigenvalue weighted by Crippen LogP contribution is 2.31. The molecule has 1 aliphatic carbocycles. The molecule has 1 aliphatic rings. The molecule has 0 unspecified atom stereocenters. The van der Waals surface area contributed by atoms with Crippen molar-refractivity contribution in [2.45, 2.75) is 44.4 Å². The highest BCUT2D eigenvalue weighted by molar-refractivity contribution is 7.99. The molecule has 0 spiro atoms. The van der Waals surface area contributed by atoms with Crippen molar-refractivity contribution in [3.8, 4) is 17.1 Å². The first-order chi connectivity index (χ1) is 16.5. The van der Waals surface area contributed by atoms with Crippen LogP contribution in [-0.4, -0.2) is 42.4 Å². The zero-order chi connectivity index (χ0) is 23.7. The van der Waals surface area contributed by atoms with Crippen molar-refractivity contribution >= 4 is 29.3 Å². The monoisotopic (exact) mass is 493 g/mol. The maximum atomic E-state index is 13.2. The first-order valence-electron chi connectivity index (χ1n) is 11.1. The van der Waals surface area contributed by atoms with Crippen molar-refractivity contribution in [1.29, 1.82) is 0 Å². The summed E-state index contributed by atoms with van der Waals surface area (Å²) in [5.74, 6) is 1.06. The Balaban J connectivity index is 1.27. The molecule has 0 aliphatic heterocycles. The number of benzene rings is 2. The molecule has 1 amide bonds. The van der Waals surface area contributed by atoms with Crippen LogP contribution in [0.3, 0.4) is 0 Å². The van der Waals surface area contributed by atoms with Gasteiger partial charge < -0.3 is 9.32 Å². The number of thioether (sulfide) groups is 1. The first kappa shape index (κ1) is 22.7. The van der Waals surface area contributed by atoms with Crippen molar-refractivity contribution < 1.29 is 9.21 Å². The van der Waals surface area contributed by atoms with Gasteiger partial charge >= 0.3 is 0 Å². The van der Waals surface area contributed by atoms with Crippen LogP contribution in [0, 0.1) is 13.8 Å². The topological polar surface area (TPSA) is 77.1 Å². The van der Waals surface area contributed by atoms with Gasteiger partial charge in [-0.05, 0) is 62.1 Å². The Kier molecular flexibility index (Phi) is 6.43. The molecule has 2 aromatic carbocycles. The van der Waals surface area contributed by atoms with E-state index in [-0.39, 0.29) is 24.2 Å². The van der Waals surface area contributed by atoms with Gasteiger partial charge in [0.25, 0.3) is 0 Å². The summed E-state index contributed by atoms with van der Waals surface area (Å²) in [6.45, 7) is 4.44. The standard InChI is InChI=1S/C25H24ClN5O2S/c1-16-11-17(2)13-19(12-16)30-10-9-27-25(30)34-15-23(32)31(18-7-8-18)14-22-28-29-24(33-22)20-5-3-4-6-21(20)26/h3-6,9-13,18H,7-8,14-15H2,1-2H3. The van der Waals surface area contributed by atoms with Gasteiger partial charge in [-0.1, -0.05) is 41.6 Å². The van der Waals surface area contributed by atoms with Crippen LogP contribution in [0.4, 0.5) is 0 Å². The number of rotatable bonds is 8. The average molecular weight is 494 g/mol. The lowest BCUT2D eigenvalue weighted by Gasteiger charge is -2.20. The molecule has 1 fully saturated rings. The number of carbonyl (C=O) groups excluding carboxylic acids is 1.